The van der Waals surface area contributed by atoms with Gasteiger partial charge in [0.05, 0.1) is 35.2 Å². The molecule has 45 heavy (non-hydrogen) atoms. The molecule has 10 heteroatoms. The van der Waals surface area contributed by atoms with Gasteiger partial charge in [0.15, 0.2) is 5.78 Å². The van der Waals surface area contributed by atoms with Crippen molar-refractivity contribution in [3.05, 3.63) is 102 Å². The number of carbonyl (C=O) groups is 1. The van der Waals surface area contributed by atoms with E-state index in [1.807, 2.05) is 35.8 Å². The molecule has 1 heterocycles. The Morgan fingerprint density at radius 2 is 1.71 bits per heavy atom. The third-order valence-electron chi connectivity index (χ3n) is 6.81. The van der Waals surface area contributed by atoms with E-state index < -0.39 is 17.4 Å². The number of rotatable bonds is 18. The highest BCUT2D eigenvalue weighted by molar-refractivity contribution is 7.84. The molecule has 0 unspecified atom stereocenters. The van der Waals surface area contributed by atoms with E-state index in [0.29, 0.717) is 41.8 Å². The van der Waals surface area contributed by atoms with Gasteiger partial charge in [0.25, 0.3) is 0 Å². The Morgan fingerprint density at radius 1 is 0.956 bits per heavy atom. The van der Waals surface area contributed by atoms with Gasteiger partial charge in [-0.3, -0.25) is 9.00 Å². The van der Waals surface area contributed by atoms with Crippen LogP contribution in [0.15, 0.2) is 90.2 Å². The smallest absolute Gasteiger partial charge is 0.387 e. The maximum atomic E-state index is 13.1. The highest BCUT2D eigenvalue weighted by atomic mass is 32.2. The molecule has 0 saturated carbocycles. The summed E-state index contributed by atoms with van der Waals surface area (Å²) in [6.07, 6.45) is 8.33. The monoisotopic (exact) mass is 636 g/mol. The lowest BCUT2D eigenvalue weighted by molar-refractivity contribution is -0.113. The van der Waals surface area contributed by atoms with Gasteiger partial charge in [0.2, 0.25) is 0 Å². The Hall–Kier alpha value is -4.15. The molecule has 4 rings (SSSR count). The molecule has 238 valence electrons. The van der Waals surface area contributed by atoms with E-state index >= 15 is 0 Å². The van der Waals surface area contributed by atoms with E-state index in [9.17, 15) is 17.8 Å². The number of aryl methyl sites for hydroxylation is 1. The van der Waals surface area contributed by atoms with Crippen molar-refractivity contribution in [1.29, 1.82) is 0 Å². The molecular weight excluding hydrogens is 598 g/mol. The summed E-state index contributed by atoms with van der Waals surface area (Å²) in [5, 5.41) is 0. The van der Waals surface area contributed by atoms with Crippen molar-refractivity contribution >= 4 is 22.7 Å². The minimum Gasteiger partial charge on any atom is -0.491 e. The molecule has 0 N–H and O–H groups in total. The second kappa shape index (κ2) is 17.4. The van der Waals surface area contributed by atoms with E-state index in [1.54, 1.807) is 48.9 Å². The average molecular weight is 637 g/mol. The highest BCUT2D eigenvalue weighted by Crippen LogP contribution is 2.30. The van der Waals surface area contributed by atoms with Crippen molar-refractivity contribution in [1.82, 2.24) is 9.55 Å². The fraction of sp³-hybridized carbons (Fsp3) is 0.314. The van der Waals surface area contributed by atoms with Crippen molar-refractivity contribution in [3.8, 4) is 22.6 Å². The zero-order valence-electron chi connectivity index (χ0n) is 25.5. The van der Waals surface area contributed by atoms with Gasteiger partial charge in [-0.25, -0.2) is 4.98 Å². The summed E-state index contributed by atoms with van der Waals surface area (Å²) < 4.78 is 57.0. The number of carbonyl (C=O) groups excluding carboxylic acids is 1. The number of imidazole rings is 1. The van der Waals surface area contributed by atoms with Crippen LogP contribution >= 0.6 is 0 Å². The summed E-state index contributed by atoms with van der Waals surface area (Å²) in [6.45, 7) is 3.58. The lowest BCUT2D eigenvalue weighted by atomic mass is 10.0. The first kappa shape index (κ1) is 33.7. The lowest BCUT2D eigenvalue weighted by Crippen LogP contribution is -2.06. The summed E-state index contributed by atoms with van der Waals surface area (Å²) in [5.41, 5.74) is 3.62. The van der Waals surface area contributed by atoms with Crippen molar-refractivity contribution in [2.24, 2.45) is 0 Å². The second-order valence-electron chi connectivity index (χ2n) is 10.3. The number of ether oxygens (including phenoxy) is 3. The molecule has 0 amide bonds. The first-order valence-electron chi connectivity index (χ1n) is 14.9. The number of halogens is 2. The van der Waals surface area contributed by atoms with Crippen molar-refractivity contribution in [2.45, 2.75) is 56.9 Å². The lowest BCUT2D eigenvalue weighted by Gasteiger charge is -2.11. The molecule has 0 aliphatic rings. The molecule has 3 aromatic carbocycles. The maximum absolute atomic E-state index is 13.1. The van der Waals surface area contributed by atoms with Gasteiger partial charge in [-0.15, -0.1) is 0 Å². The van der Waals surface area contributed by atoms with Crippen LogP contribution in [-0.2, 0) is 39.0 Å². The van der Waals surface area contributed by atoms with Crippen LogP contribution in [0.1, 0.15) is 43.5 Å². The Bertz CT molecular complexity index is 1570. The normalized spacial score (nSPS) is 12.1. The molecule has 1 atom stereocenters. The number of hydrogen-bond acceptors (Lipinski definition) is 6. The quantitative estimate of drug-likeness (QED) is 0.0832. The Balaban J connectivity index is 1.39. The van der Waals surface area contributed by atoms with Crippen LogP contribution < -0.4 is 9.47 Å². The Labute approximate surface area is 265 Å². The predicted molar refractivity (Wildman–Crippen MR) is 172 cm³/mol. The number of nitrogens with zero attached hydrogens (tertiary/aromatic N) is 2. The van der Waals surface area contributed by atoms with Crippen LogP contribution in [0.5, 0.6) is 11.5 Å². The van der Waals surface area contributed by atoms with Gasteiger partial charge in [0, 0.05) is 36.2 Å². The zero-order chi connectivity index (χ0) is 32.0. The molecule has 0 bridgehead atoms. The van der Waals surface area contributed by atoms with E-state index in [2.05, 4.69) is 11.9 Å². The van der Waals surface area contributed by atoms with Crippen molar-refractivity contribution in [2.75, 3.05) is 19.8 Å². The predicted octanol–water partition coefficient (Wildman–Crippen LogP) is 7.50. The highest BCUT2D eigenvalue weighted by Gasteiger charge is 2.12. The van der Waals surface area contributed by atoms with E-state index in [0.717, 1.165) is 41.8 Å². The van der Waals surface area contributed by atoms with Crippen LogP contribution in [0.2, 0.25) is 0 Å². The van der Waals surface area contributed by atoms with Crippen LogP contribution in [0.25, 0.3) is 17.2 Å². The summed E-state index contributed by atoms with van der Waals surface area (Å²) in [7, 11) is -1.25. The fourth-order valence-corrected chi connectivity index (χ4v) is 5.72. The SMILES string of the molecule is CCCOCCOc1ccc(-c2ccc(OC(F)F)c(/C=C/C(=O)Cc3ccc([S@@](=O)Cc4cncn4CCC)cc3)c2)cc1. The van der Waals surface area contributed by atoms with E-state index in [-0.39, 0.29) is 18.0 Å². The molecule has 0 fully saturated rings. The number of aromatic nitrogens is 2. The van der Waals surface area contributed by atoms with Gasteiger partial charge in [0.1, 0.15) is 18.1 Å². The summed E-state index contributed by atoms with van der Waals surface area (Å²) in [6, 6.07) is 19.4. The van der Waals surface area contributed by atoms with Crippen molar-refractivity contribution < 1.29 is 32.0 Å². The largest absolute Gasteiger partial charge is 0.491 e. The molecule has 7 nitrogen and oxygen atoms in total. The number of benzene rings is 3. The molecule has 0 aliphatic carbocycles. The number of allylic oxidation sites excluding steroid dienone is 1. The number of hydrogen-bond donors (Lipinski definition) is 0. The summed E-state index contributed by atoms with van der Waals surface area (Å²) in [4.78, 5) is 17.6. The van der Waals surface area contributed by atoms with Gasteiger partial charge < -0.3 is 18.8 Å². The third-order valence-corrected chi connectivity index (χ3v) is 8.17. The van der Waals surface area contributed by atoms with Gasteiger partial charge in [-0.1, -0.05) is 44.2 Å². The van der Waals surface area contributed by atoms with Crippen molar-refractivity contribution in [3.63, 3.8) is 0 Å². The standard InChI is InChI=1S/C35H38F2N2O5S/c1-3-17-39-25-38-23-30(39)24-45(41)33-14-5-26(6-15-33)21-31(40)11-7-29-22-28(10-16-34(29)44-35(36)37)27-8-12-32(13-9-27)43-20-19-42-18-4-2/h5-16,22-23,25,35H,3-4,17-21,24H2,1-2H3/b11-7+/t45-/m0/s1. The molecule has 4 aromatic rings. The zero-order valence-corrected chi connectivity index (χ0v) is 26.3. The van der Waals surface area contributed by atoms with E-state index in [4.69, 9.17) is 14.2 Å². The van der Waals surface area contributed by atoms with Crippen LogP contribution in [0.3, 0.4) is 0 Å². The summed E-state index contributed by atoms with van der Waals surface area (Å²) in [5.74, 6) is 0.804. The second-order valence-corrected chi connectivity index (χ2v) is 11.8. The summed E-state index contributed by atoms with van der Waals surface area (Å²) >= 11 is 0. The van der Waals surface area contributed by atoms with Crippen LogP contribution in [0.4, 0.5) is 8.78 Å². The average Bonchev–Trinajstić information content (AvgIpc) is 3.47. The topological polar surface area (TPSA) is 79.7 Å². The molecule has 1 aromatic heterocycles. The Morgan fingerprint density at radius 3 is 2.42 bits per heavy atom. The molecule has 0 radical (unpaired) electrons. The molecule has 0 spiro atoms. The Kier molecular flexibility index (Phi) is 13.0. The minimum absolute atomic E-state index is 0.0306. The van der Waals surface area contributed by atoms with Crippen LogP contribution in [-0.4, -0.2) is 46.0 Å². The molecular formula is C35H38F2N2O5S. The fourth-order valence-electron chi connectivity index (χ4n) is 4.60. The minimum atomic E-state index is -3.01. The van der Waals surface area contributed by atoms with Crippen LogP contribution in [0, 0.1) is 0 Å². The van der Waals surface area contributed by atoms with Gasteiger partial charge >= 0.3 is 6.61 Å². The maximum Gasteiger partial charge on any atom is 0.387 e. The number of ketones is 1. The third kappa shape index (κ3) is 10.5. The molecule has 0 saturated heterocycles. The first-order valence-corrected chi connectivity index (χ1v) is 16.2. The molecule has 0 aliphatic heterocycles. The number of alkyl halides is 2. The van der Waals surface area contributed by atoms with E-state index in [1.165, 1.54) is 18.2 Å². The van der Waals surface area contributed by atoms with Gasteiger partial charge in [-0.2, -0.15) is 8.78 Å². The first-order chi connectivity index (χ1) is 21.9. The van der Waals surface area contributed by atoms with Gasteiger partial charge in [-0.05, 0) is 78.1 Å².